The van der Waals surface area contributed by atoms with Gasteiger partial charge in [0.05, 0.1) is 0 Å². The van der Waals surface area contributed by atoms with Crippen LogP contribution in [0.4, 0.5) is 0 Å². The molecule has 0 heterocycles. The van der Waals surface area contributed by atoms with Crippen molar-refractivity contribution in [2.75, 3.05) is 0 Å². The van der Waals surface area contributed by atoms with Gasteiger partial charge in [0.1, 0.15) is 0 Å². The van der Waals surface area contributed by atoms with Gasteiger partial charge in [0, 0.05) is 5.54 Å². The van der Waals surface area contributed by atoms with Crippen molar-refractivity contribution in [2.45, 2.75) is 64.8 Å². The summed E-state index contributed by atoms with van der Waals surface area (Å²) in [4.78, 5) is 0. The van der Waals surface area contributed by atoms with Crippen molar-refractivity contribution in [1.82, 2.24) is 5.43 Å². The average molecular weight is 172 g/mol. The second-order valence-corrected chi connectivity index (χ2v) is 3.91. The quantitative estimate of drug-likeness (QED) is 0.457. The number of hydrazine groups is 1. The van der Waals surface area contributed by atoms with Crippen LogP contribution in [0.1, 0.15) is 59.3 Å². The first kappa shape index (κ1) is 11.9. The van der Waals surface area contributed by atoms with E-state index in [0.717, 1.165) is 0 Å². The topological polar surface area (TPSA) is 38.0 Å². The minimum Gasteiger partial charge on any atom is -0.271 e. The Morgan fingerprint density at radius 2 is 1.50 bits per heavy atom. The number of nitrogens with two attached hydrogens (primary N) is 1. The lowest BCUT2D eigenvalue weighted by Crippen LogP contribution is -2.46. The van der Waals surface area contributed by atoms with Crippen LogP contribution >= 0.6 is 0 Å². The standard InChI is InChI=1S/C10H24N2/c1-4-6-8-10(3,12-11)9-7-5-2/h12H,4-9,11H2,1-3H3. The first-order valence-electron chi connectivity index (χ1n) is 5.16. The third-order valence-corrected chi connectivity index (χ3v) is 2.51. The lowest BCUT2D eigenvalue weighted by molar-refractivity contribution is 0.297. The maximum Gasteiger partial charge on any atom is 0.0293 e. The molecule has 0 aliphatic rings. The summed E-state index contributed by atoms with van der Waals surface area (Å²) in [6.07, 6.45) is 7.43. The van der Waals surface area contributed by atoms with Crippen molar-refractivity contribution < 1.29 is 0 Å². The summed E-state index contributed by atoms with van der Waals surface area (Å²) in [5.74, 6) is 5.54. The fourth-order valence-electron chi connectivity index (χ4n) is 1.40. The summed E-state index contributed by atoms with van der Waals surface area (Å²) >= 11 is 0. The molecule has 74 valence electrons. The van der Waals surface area contributed by atoms with Crippen LogP contribution in [0, 0.1) is 0 Å². The van der Waals surface area contributed by atoms with Crippen LogP contribution < -0.4 is 11.3 Å². The molecule has 0 rings (SSSR count). The number of unbranched alkanes of at least 4 members (excludes halogenated alkanes) is 2. The molecular formula is C10H24N2. The molecule has 0 fully saturated rings. The summed E-state index contributed by atoms with van der Waals surface area (Å²) < 4.78 is 0. The molecular weight excluding hydrogens is 148 g/mol. The zero-order valence-electron chi connectivity index (χ0n) is 8.82. The van der Waals surface area contributed by atoms with E-state index >= 15 is 0 Å². The molecule has 3 N–H and O–H groups in total. The first-order valence-corrected chi connectivity index (χ1v) is 5.16. The predicted octanol–water partition coefficient (Wildman–Crippen LogP) is 2.59. The van der Waals surface area contributed by atoms with Crippen LogP contribution in [-0.4, -0.2) is 5.54 Å². The van der Waals surface area contributed by atoms with Gasteiger partial charge in [-0.2, -0.15) is 0 Å². The summed E-state index contributed by atoms with van der Waals surface area (Å²) in [6.45, 7) is 6.66. The van der Waals surface area contributed by atoms with Crippen LogP contribution in [0.5, 0.6) is 0 Å². The molecule has 0 saturated heterocycles. The van der Waals surface area contributed by atoms with Crippen LogP contribution in [0.2, 0.25) is 0 Å². The Kier molecular flexibility index (Phi) is 6.39. The minimum absolute atomic E-state index is 0.173. The third kappa shape index (κ3) is 4.73. The highest BCUT2D eigenvalue weighted by Crippen LogP contribution is 2.19. The van der Waals surface area contributed by atoms with Gasteiger partial charge in [-0.1, -0.05) is 39.5 Å². The van der Waals surface area contributed by atoms with Gasteiger partial charge in [0.15, 0.2) is 0 Å². The molecule has 0 radical (unpaired) electrons. The van der Waals surface area contributed by atoms with Crippen molar-refractivity contribution >= 4 is 0 Å². The molecule has 0 atom stereocenters. The van der Waals surface area contributed by atoms with E-state index in [9.17, 15) is 0 Å². The van der Waals surface area contributed by atoms with Gasteiger partial charge in [-0.15, -0.1) is 0 Å². The van der Waals surface area contributed by atoms with Crippen LogP contribution in [0.3, 0.4) is 0 Å². The molecule has 0 aromatic heterocycles. The zero-order valence-corrected chi connectivity index (χ0v) is 8.82. The largest absolute Gasteiger partial charge is 0.271 e. The van der Waals surface area contributed by atoms with Crippen molar-refractivity contribution in [3.8, 4) is 0 Å². The highest BCUT2D eigenvalue weighted by molar-refractivity contribution is 4.79. The maximum atomic E-state index is 5.54. The van der Waals surface area contributed by atoms with E-state index in [4.69, 9.17) is 5.84 Å². The maximum absolute atomic E-state index is 5.54. The molecule has 0 aromatic carbocycles. The number of nitrogens with one attached hydrogen (secondary N) is 1. The van der Waals surface area contributed by atoms with Crippen molar-refractivity contribution in [3.05, 3.63) is 0 Å². The SMILES string of the molecule is CCCCC(C)(CCCC)NN. The predicted molar refractivity (Wildman–Crippen MR) is 54.8 cm³/mol. The van der Waals surface area contributed by atoms with E-state index in [1.807, 2.05) is 0 Å². The number of rotatable bonds is 7. The third-order valence-electron chi connectivity index (χ3n) is 2.51. The Balaban J connectivity index is 3.70. The first-order chi connectivity index (χ1) is 5.68. The van der Waals surface area contributed by atoms with E-state index in [1.165, 1.54) is 38.5 Å². The second kappa shape index (κ2) is 6.44. The minimum atomic E-state index is 0.173. The van der Waals surface area contributed by atoms with E-state index < -0.39 is 0 Å². The Morgan fingerprint density at radius 1 is 1.08 bits per heavy atom. The molecule has 12 heavy (non-hydrogen) atoms. The lowest BCUT2D eigenvalue weighted by Gasteiger charge is -2.28. The number of hydrogen-bond acceptors (Lipinski definition) is 2. The summed E-state index contributed by atoms with van der Waals surface area (Å²) in [5.41, 5.74) is 3.12. The van der Waals surface area contributed by atoms with Crippen molar-refractivity contribution in [3.63, 3.8) is 0 Å². The Hall–Kier alpha value is -0.0800. The van der Waals surface area contributed by atoms with Crippen LogP contribution in [-0.2, 0) is 0 Å². The Labute approximate surface area is 76.9 Å². The molecule has 2 heteroatoms. The van der Waals surface area contributed by atoms with E-state index in [0.29, 0.717) is 0 Å². The van der Waals surface area contributed by atoms with Gasteiger partial charge < -0.3 is 0 Å². The molecule has 0 unspecified atom stereocenters. The summed E-state index contributed by atoms with van der Waals surface area (Å²) in [6, 6.07) is 0. The highest BCUT2D eigenvalue weighted by Gasteiger charge is 2.20. The van der Waals surface area contributed by atoms with Gasteiger partial charge in [0.25, 0.3) is 0 Å². The molecule has 0 bridgehead atoms. The van der Waals surface area contributed by atoms with E-state index in [1.54, 1.807) is 0 Å². The highest BCUT2D eigenvalue weighted by atomic mass is 15.3. The second-order valence-electron chi connectivity index (χ2n) is 3.91. The normalized spacial score (nSPS) is 12.0. The zero-order chi connectivity index (χ0) is 9.45. The van der Waals surface area contributed by atoms with Gasteiger partial charge in [-0.25, -0.2) is 0 Å². The Bertz CT molecular complexity index is 94.0. The number of hydrogen-bond donors (Lipinski definition) is 2. The van der Waals surface area contributed by atoms with Gasteiger partial charge in [0.2, 0.25) is 0 Å². The summed E-state index contributed by atoms with van der Waals surface area (Å²) in [5, 5.41) is 0. The van der Waals surface area contributed by atoms with Gasteiger partial charge in [-0.05, 0) is 19.8 Å². The molecule has 0 spiro atoms. The fourth-order valence-corrected chi connectivity index (χ4v) is 1.40. The van der Waals surface area contributed by atoms with E-state index in [2.05, 4.69) is 26.2 Å². The molecule has 0 aliphatic heterocycles. The van der Waals surface area contributed by atoms with Gasteiger partial charge in [-0.3, -0.25) is 11.3 Å². The fraction of sp³-hybridized carbons (Fsp3) is 1.00. The monoisotopic (exact) mass is 172 g/mol. The Morgan fingerprint density at radius 3 is 1.75 bits per heavy atom. The summed E-state index contributed by atoms with van der Waals surface area (Å²) in [7, 11) is 0. The molecule has 2 nitrogen and oxygen atoms in total. The smallest absolute Gasteiger partial charge is 0.0293 e. The molecule has 0 amide bonds. The molecule has 0 aromatic rings. The van der Waals surface area contributed by atoms with Crippen LogP contribution in [0.25, 0.3) is 0 Å². The van der Waals surface area contributed by atoms with Gasteiger partial charge >= 0.3 is 0 Å². The van der Waals surface area contributed by atoms with Crippen molar-refractivity contribution in [1.29, 1.82) is 0 Å². The van der Waals surface area contributed by atoms with Crippen LogP contribution in [0.15, 0.2) is 0 Å². The molecule has 0 saturated carbocycles. The van der Waals surface area contributed by atoms with Crippen molar-refractivity contribution in [2.24, 2.45) is 5.84 Å². The van der Waals surface area contributed by atoms with E-state index in [-0.39, 0.29) is 5.54 Å². The molecule has 0 aliphatic carbocycles. The average Bonchev–Trinajstić information content (AvgIpc) is 2.11. The lowest BCUT2D eigenvalue weighted by atomic mass is 9.90.